The highest BCUT2D eigenvalue weighted by Gasteiger charge is 2.17. The molecule has 0 amide bonds. The summed E-state index contributed by atoms with van der Waals surface area (Å²) < 4.78 is 17.2. The van der Waals surface area contributed by atoms with E-state index in [1.807, 2.05) is 0 Å². The number of carbonyl (C=O) groups excluding carboxylic acids is 2. The van der Waals surface area contributed by atoms with Gasteiger partial charge in [-0.25, -0.2) is 0 Å². The van der Waals surface area contributed by atoms with Gasteiger partial charge in [0.1, 0.15) is 12.7 Å². The van der Waals surface area contributed by atoms with E-state index in [4.69, 9.17) is 19.6 Å². The molecule has 344 valence electrons. The largest absolute Gasteiger partial charge is 0.477 e. The molecule has 0 heterocycles. The van der Waals surface area contributed by atoms with Crippen LogP contribution in [-0.4, -0.2) is 37.2 Å². The first-order valence-electron chi connectivity index (χ1n) is 26.1. The lowest BCUT2D eigenvalue weighted by molar-refractivity contribution is -0.153. The van der Waals surface area contributed by atoms with E-state index < -0.39 is 6.10 Å². The first-order valence-corrected chi connectivity index (χ1v) is 26.1. The van der Waals surface area contributed by atoms with Crippen LogP contribution in [0.3, 0.4) is 0 Å². The Labute approximate surface area is 362 Å². The van der Waals surface area contributed by atoms with Crippen molar-refractivity contribution in [1.29, 1.82) is 5.41 Å². The Morgan fingerprint density at radius 3 is 0.966 bits per heavy atom. The van der Waals surface area contributed by atoms with Crippen LogP contribution >= 0.6 is 0 Å². The maximum atomic E-state index is 12.8. The highest BCUT2D eigenvalue weighted by Crippen LogP contribution is 2.17. The van der Waals surface area contributed by atoms with Crippen LogP contribution in [-0.2, 0) is 23.8 Å². The zero-order valence-corrected chi connectivity index (χ0v) is 39.4. The molecular formula is C52H101NO5. The molecule has 0 aromatic carbocycles. The van der Waals surface area contributed by atoms with Crippen molar-refractivity contribution < 1.29 is 23.8 Å². The first kappa shape index (κ1) is 56.4. The van der Waals surface area contributed by atoms with Crippen molar-refractivity contribution in [2.75, 3.05) is 13.2 Å². The van der Waals surface area contributed by atoms with Gasteiger partial charge in [-0.3, -0.25) is 15.0 Å². The van der Waals surface area contributed by atoms with Crippen molar-refractivity contribution in [1.82, 2.24) is 0 Å². The zero-order chi connectivity index (χ0) is 42.3. The van der Waals surface area contributed by atoms with Crippen molar-refractivity contribution in [3.8, 4) is 0 Å². The summed E-state index contributed by atoms with van der Waals surface area (Å²) in [5, 5.41) is 8.37. The van der Waals surface area contributed by atoms with Crippen molar-refractivity contribution in [3.05, 3.63) is 0 Å². The summed E-state index contributed by atoms with van der Waals surface area (Å²) in [5.41, 5.74) is 0. The standard InChI is InChI=1S/C52H101NO5/c1-4-7-10-13-16-19-22-25-28-31-34-37-40-43-50(53)57-48-49(58-52(55)45-42-39-36-33-30-27-24-21-18-15-12-9-6-3)46-47-56-51(54)44-41-38-35-32-29-26-23-20-17-14-11-8-5-2/h49,53H,4-48H2,1-3H3. The zero-order valence-electron chi connectivity index (χ0n) is 39.4. The lowest BCUT2D eigenvalue weighted by Gasteiger charge is -2.19. The van der Waals surface area contributed by atoms with Gasteiger partial charge >= 0.3 is 11.9 Å². The summed E-state index contributed by atoms with van der Waals surface area (Å²) in [7, 11) is 0. The maximum Gasteiger partial charge on any atom is 0.306 e. The molecule has 58 heavy (non-hydrogen) atoms. The lowest BCUT2D eigenvalue weighted by atomic mass is 10.0. The third kappa shape index (κ3) is 45.5. The molecule has 0 bridgehead atoms. The van der Waals surface area contributed by atoms with Gasteiger partial charge in [0, 0.05) is 25.7 Å². The van der Waals surface area contributed by atoms with Gasteiger partial charge in [-0.15, -0.1) is 0 Å². The normalized spacial score (nSPS) is 11.8. The summed E-state index contributed by atoms with van der Waals surface area (Å²) in [6.07, 6.45) is 51.4. The van der Waals surface area contributed by atoms with E-state index in [0.717, 1.165) is 38.5 Å². The molecule has 0 spiro atoms. The van der Waals surface area contributed by atoms with E-state index in [1.54, 1.807) is 0 Å². The minimum atomic E-state index is -0.509. The van der Waals surface area contributed by atoms with E-state index in [1.165, 1.54) is 212 Å². The molecule has 0 aliphatic heterocycles. The molecule has 0 aromatic rings. The molecule has 0 aliphatic carbocycles. The summed E-state index contributed by atoms with van der Waals surface area (Å²) in [4.78, 5) is 25.3. The minimum absolute atomic E-state index is 0.151. The second-order valence-electron chi connectivity index (χ2n) is 17.8. The molecule has 1 atom stereocenters. The van der Waals surface area contributed by atoms with Crippen molar-refractivity contribution in [2.24, 2.45) is 0 Å². The number of nitrogens with one attached hydrogen (secondary N) is 1. The minimum Gasteiger partial charge on any atom is -0.477 e. The number of esters is 2. The number of carbonyl (C=O) groups is 2. The van der Waals surface area contributed by atoms with Gasteiger partial charge in [-0.05, 0) is 19.3 Å². The predicted octanol–water partition coefficient (Wildman–Crippen LogP) is 17.3. The van der Waals surface area contributed by atoms with E-state index >= 15 is 0 Å². The molecule has 1 unspecified atom stereocenters. The summed E-state index contributed by atoms with van der Waals surface area (Å²) in [6.45, 7) is 7.18. The van der Waals surface area contributed by atoms with Crippen LogP contribution in [0.1, 0.15) is 297 Å². The Balaban J connectivity index is 4.30. The molecule has 0 rings (SSSR count). The van der Waals surface area contributed by atoms with Gasteiger partial charge in [0.15, 0.2) is 5.90 Å². The molecule has 6 nitrogen and oxygen atoms in total. The van der Waals surface area contributed by atoms with Crippen LogP contribution in [0.2, 0.25) is 0 Å². The maximum absolute atomic E-state index is 12.8. The fraction of sp³-hybridized carbons (Fsp3) is 0.942. The number of hydrogen-bond acceptors (Lipinski definition) is 6. The number of rotatable bonds is 48. The second-order valence-corrected chi connectivity index (χ2v) is 17.8. The van der Waals surface area contributed by atoms with E-state index in [-0.39, 0.29) is 31.1 Å². The molecule has 1 N–H and O–H groups in total. The SMILES string of the molecule is CCCCCCCCCCCCCCCC(=N)OCC(CCOC(=O)CCCCCCCCCCCCCCC)OC(=O)CCCCCCCCCCCCCCC. The monoisotopic (exact) mass is 820 g/mol. The number of unbranched alkanes of at least 4 members (excludes halogenated alkanes) is 36. The molecule has 0 aromatic heterocycles. The van der Waals surface area contributed by atoms with E-state index in [2.05, 4.69) is 20.8 Å². The van der Waals surface area contributed by atoms with Crippen molar-refractivity contribution in [3.63, 3.8) is 0 Å². The fourth-order valence-electron chi connectivity index (χ4n) is 7.94. The van der Waals surface area contributed by atoms with E-state index in [0.29, 0.717) is 25.7 Å². The predicted molar refractivity (Wildman–Crippen MR) is 250 cm³/mol. The van der Waals surface area contributed by atoms with Gasteiger partial charge in [0.2, 0.25) is 0 Å². The van der Waals surface area contributed by atoms with Crippen LogP contribution in [0.25, 0.3) is 0 Å². The van der Waals surface area contributed by atoms with Crippen molar-refractivity contribution >= 4 is 17.8 Å². The van der Waals surface area contributed by atoms with Crippen LogP contribution in [0.4, 0.5) is 0 Å². The third-order valence-corrected chi connectivity index (χ3v) is 11.9. The lowest BCUT2D eigenvalue weighted by Crippen LogP contribution is -2.27. The molecular weight excluding hydrogens is 719 g/mol. The Morgan fingerprint density at radius 2 is 0.638 bits per heavy atom. The topological polar surface area (TPSA) is 85.7 Å². The summed E-state index contributed by atoms with van der Waals surface area (Å²) >= 11 is 0. The Hall–Kier alpha value is -1.59. The van der Waals surface area contributed by atoms with Crippen LogP contribution in [0.5, 0.6) is 0 Å². The quantitative estimate of drug-likeness (QED) is 0.0286. The molecule has 0 saturated carbocycles. The fourth-order valence-corrected chi connectivity index (χ4v) is 7.94. The molecule has 6 heteroatoms. The van der Waals surface area contributed by atoms with Crippen LogP contribution < -0.4 is 0 Å². The summed E-state index contributed by atoms with van der Waals surface area (Å²) in [6, 6.07) is 0. The smallest absolute Gasteiger partial charge is 0.306 e. The first-order chi connectivity index (χ1) is 28.5. The average Bonchev–Trinajstić information content (AvgIpc) is 3.22. The Kier molecular flexibility index (Phi) is 46.8. The number of hydrogen-bond donors (Lipinski definition) is 1. The van der Waals surface area contributed by atoms with E-state index in [9.17, 15) is 9.59 Å². The van der Waals surface area contributed by atoms with Gasteiger partial charge in [0.25, 0.3) is 0 Å². The van der Waals surface area contributed by atoms with Crippen molar-refractivity contribution in [2.45, 2.75) is 303 Å². The highest BCUT2D eigenvalue weighted by atomic mass is 16.6. The molecule has 0 fully saturated rings. The van der Waals surface area contributed by atoms with Gasteiger partial charge in [-0.2, -0.15) is 0 Å². The molecule has 0 aliphatic rings. The Bertz CT molecular complexity index is 863. The van der Waals surface area contributed by atoms with Gasteiger partial charge in [0.05, 0.1) is 6.61 Å². The van der Waals surface area contributed by atoms with Gasteiger partial charge in [-0.1, -0.05) is 252 Å². The van der Waals surface area contributed by atoms with Crippen LogP contribution in [0, 0.1) is 5.41 Å². The average molecular weight is 820 g/mol. The molecule has 0 saturated heterocycles. The van der Waals surface area contributed by atoms with Crippen LogP contribution in [0.15, 0.2) is 0 Å². The van der Waals surface area contributed by atoms with Gasteiger partial charge < -0.3 is 14.2 Å². The third-order valence-electron chi connectivity index (χ3n) is 11.9. The second kappa shape index (κ2) is 48.1. The summed E-state index contributed by atoms with van der Waals surface area (Å²) in [5.74, 6) is -0.116. The molecule has 0 radical (unpaired) electrons. The number of ether oxygens (including phenoxy) is 3. The highest BCUT2D eigenvalue weighted by molar-refractivity contribution is 5.72. The Morgan fingerprint density at radius 1 is 0.362 bits per heavy atom.